The fourth-order valence-electron chi connectivity index (χ4n) is 1.41. The Kier molecular flexibility index (Phi) is 2.35. The number of rotatable bonds is 3. The summed E-state index contributed by atoms with van der Waals surface area (Å²) in [6.07, 6.45) is 0.610. The van der Waals surface area contributed by atoms with E-state index in [0.29, 0.717) is 17.7 Å². The predicted octanol–water partition coefficient (Wildman–Crippen LogP) is 1.99. The molecule has 0 amide bonds. The van der Waals surface area contributed by atoms with Crippen LogP contribution in [0.25, 0.3) is 11.5 Å². The van der Waals surface area contributed by atoms with Crippen molar-refractivity contribution in [3.63, 3.8) is 0 Å². The van der Waals surface area contributed by atoms with Gasteiger partial charge in [0.1, 0.15) is 4.92 Å². The molecule has 7 nitrogen and oxygen atoms in total. The van der Waals surface area contributed by atoms with Gasteiger partial charge in [-0.15, -0.1) is 0 Å². The molecule has 0 radical (unpaired) electrons. The van der Waals surface area contributed by atoms with Crippen LogP contribution in [0.2, 0.25) is 0 Å². The van der Waals surface area contributed by atoms with E-state index < -0.39 is 4.92 Å². The van der Waals surface area contributed by atoms with Crippen molar-refractivity contribution in [2.45, 2.75) is 13.3 Å². The van der Waals surface area contributed by atoms with E-state index in [2.05, 4.69) is 5.16 Å². The highest BCUT2D eigenvalue weighted by Gasteiger charge is 2.20. The molecule has 7 heteroatoms. The van der Waals surface area contributed by atoms with Gasteiger partial charge in [-0.25, -0.2) is 0 Å². The largest absolute Gasteiger partial charge is 0.433 e. The lowest BCUT2D eigenvalue weighted by molar-refractivity contribution is -0.401. The molecule has 0 unspecified atom stereocenters. The van der Waals surface area contributed by atoms with Gasteiger partial charge in [0.15, 0.2) is 11.5 Å². The van der Waals surface area contributed by atoms with Crippen molar-refractivity contribution in [3.8, 4) is 11.5 Å². The maximum Gasteiger partial charge on any atom is 0.433 e. The van der Waals surface area contributed by atoms with Crippen molar-refractivity contribution in [2.75, 3.05) is 5.73 Å². The maximum absolute atomic E-state index is 10.4. The number of hydrogen-bond donors (Lipinski definition) is 1. The van der Waals surface area contributed by atoms with Gasteiger partial charge in [-0.1, -0.05) is 12.1 Å². The molecule has 2 heterocycles. The number of hydrogen-bond acceptors (Lipinski definition) is 6. The second-order valence-corrected chi connectivity index (χ2v) is 3.12. The summed E-state index contributed by atoms with van der Waals surface area (Å²) in [5.41, 5.74) is 6.65. The molecule has 0 fully saturated rings. The molecule has 2 aromatic heterocycles. The van der Waals surface area contributed by atoms with E-state index in [1.165, 1.54) is 12.1 Å². The molecule has 0 spiro atoms. The monoisotopic (exact) mass is 223 g/mol. The molecule has 84 valence electrons. The molecule has 2 aromatic rings. The second kappa shape index (κ2) is 3.69. The Bertz CT molecular complexity index is 529. The Labute approximate surface area is 90.0 Å². The summed E-state index contributed by atoms with van der Waals surface area (Å²) < 4.78 is 9.82. The molecule has 0 bridgehead atoms. The van der Waals surface area contributed by atoms with E-state index in [1.807, 2.05) is 6.92 Å². The van der Waals surface area contributed by atoms with Crippen molar-refractivity contribution >= 4 is 11.8 Å². The number of anilines is 1. The lowest BCUT2D eigenvalue weighted by Gasteiger charge is -1.93. The van der Waals surface area contributed by atoms with Crippen molar-refractivity contribution in [2.24, 2.45) is 0 Å². The zero-order valence-corrected chi connectivity index (χ0v) is 8.47. The van der Waals surface area contributed by atoms with E-state index in [0.717, 1.165) is 0 Å². The normalized spacial score (nSPS) is 10.6. The zero-order valence-electron chi connectivity index (χ0n) is 8.47. The summed E-state index contributed by atoms with van der Waals surface area (Å²) in [5.74, 6) is 0.152. The van der Waals surface area contributed by atoms with E-state index in [-0.39, 0.29) is 17.5 Å². The highest BCUT2D eigenvalue weighted by molar-refractivity contribution is 5.63. The minimum atomic E-state index is -0.613. The summed E-state index contributed by atoms with van der Waals surface area (Å²) >= 11 is 0. The minimum absolute atomic E-state index is 0.205. The standard InChI is InChI=1S/C9H9N3O4/c1-2-5-8(11-16-9(5)10)6-3-4-7(15-6)12(13)14/h3-4H,2,10H2,1H3. The van der Waals surface area contributed by atoms with Gasteiger partial charge in [-0.3, -0.25) is 10.1 Å². The number of furan rings is 1. The average molecular weight is 223 g/mol. The number of nitrogens with two attached hydrogens (primary N) is 1. The fraction of sp³-hybridized carbons (Fsp3) is 0.222. The number of nitro groups is 1. The molecule has 16 heavy (non-hydrogen) atoms. The minimum Gasteiger partial charge on any atom is -0.399 e. The lowest BCUT2D eigenvalue weighted by atomic mass is 10.1. The van der Waals surface area contributed by atoms with Crippen LogP contribution in [0.3, 0.4) is 0 Å². The Hall–Kier alpha value is -2.31. The molecular weight excluding hydrogens is 214 g/mol. The third-order valence-electron chi connectivity index (χ3n) is 2.18. The van der Waals surface area contributed by atoms with Crippen LogP contribution < -0.4 is 5.73 Å². The Balaban J connectivity index is 2.46. The molecule has 0 aliphatic heterocycles. The molecule has 0 aromatic carbocycles. The van der Waals surface area contributed by atoms with E-state index in [1.54, 1.807) is 0 Å². The van der Waals surface area contributed by atoms with Gasteiger partial charge in [-0.05, 0) is 12.5 Å². The first-order valence-electron chi connectivity index (χ1n) is 4.62. The SMILES string of the molecule is CCc1c(-c2ccc([N+](=O)[O-])o2)noc1N. The van der Waals surface area contributed by atoms with E-state index >= 15 is 0 Å². The third kappa shape index (κ3) is 1.52. The molecule has 2 rings (SSSR count). The van der Waals surface area contributed by atoms with Crippen LogP contribution in [0.1, 0.15) is 12.5 Å². The first-order chi connectivity index (χ1) is 7.63. The molecular formula is C9H9N3O4. The second-order valence-electron chi connectivity index (χ2n) is 3.12. The fourth-order valence-corrected chi connectivity index (χ4v) is 1.41. The van der Waals surface area contributed by atoms with E-state index in [9.17, 15) is 10.1 Å². The molecule has 0 saturated heterocycles. The van der Waals surface area contributed by atoms with Crippen molar-refractivity contribution in [1.29, 1.82) is 0 Å². The Morgan fingerprint density at radius 1 is 1.56 bits per heavy atom. The molecule has 0 aliphatic carbocycles. The Morgan fingerprint density at radius 2 is 2.31 bits per heavy atom. The summed E-state index contributed by atoms with van der Waals surface area (Å²) in [4.78, 5) is 9.84. The first kappa shape index (κ1) is 10.2. The Morgan fingerprint density at radius 3 is 2.88 bits per heavy atom. The van der Waals surface area contributed by atoms with E-state index in [4.69, 9.17) is 14.7 Å². The molecule has 2 N–H and O–H groups in total. The van der Waals surface area contributed by atoms with Crippen LogP contribution in [-0.2, 0) is 6.42 Å². The van der Waals surface area contributed by atoms with Crippen LogP contribution in [-0.4, -0.2) is 10.1 Å². The van der Waals surface area contributed by atoms with Crippen molar-refractivity contribution in [1.82, 2.24) is 5.16 Å². The zero-order chi connectivity index (χ0) is 11.7. The highest BCUT2D eigenvalue weighted by Crippen LogP contribution is 2.30. The molecule has 0 saturated carbocycles. The quantitative estimate of drug-likeness (QED) is 0.629. The van der Waals surface area contributed by atoms with Crippen LogP contribution in [0.4, 0.5) is 11.8 Å². The van der Waals surface area contributed by atoms with Crippen molar-refractivity contribution < 1.29 is 13.9 Å². The maximum atomic E-state index is 10.4. The van der Waals surface area contributed by atoms with Gasteiger partial charge in [0.25, 0.3) is 0 Å². The third-order valence-corrected chi connectivity index (χ3v) is 2.18. The summed E-state index contributed by atoms with van der Waals surface area (Å²) in [5, 5.41) is 14.2. The van der Waals surface area contributed by atoms with Crippen molar-refractivity contribution in [3.05, 3.63) is 27.8 Å². The van der Waals surface area contributed by atoms with Gasteiger partial charge < -0.3 is 14.7 Å². The predicted molar refractivity (Wildman–Crippen MR) is 54.6 cm³/mol. The van der Waals surface area contributed by atoms with Gasteiger partial charge in [0.05, 0.1) is 6.07 Å². The topological polar surface area (TPSA) is 108 Å². The average Bonchev–Trinajstić information content (AvgIpc) is 2.83. The number of nitrogens with zero attached hydrogens (tertiary/aromatic N) is 2. The number of nitrogen functional groups attached to an aromatic ring is 1. The number of aromatic nitrogens is 1. The molecule has 0 aliphatic rings. The van der Waals surface area contributed by atoms with Crippen LogP contribution >= 0.6 is 0 Å². The van der Waals surface area contributed by atoms with Gasteiger partial charge in [-0.2, -0.15) is 0 Å². The summed E-state index contributed by atoms with van der Waals surface area (Å²) in [7, 11) is 0. The van der Waals surface area contributed by atoms with Crippen LogP contribution in [0.5, 0.6) is 0 Å². The highest BCUT2D eigenvalue weighted by atomic mass is 16.6. The van der Waals surface area contributed by atoms with Crippen LogP contribution in [0, 0.1) is 10.1 Å². The summed E-state index contributed by atoms with van der Waals surface area (Å²) in [6.45, 7) is 1.88. The lowest BCUT2D eigenvalue weighted by Crippen LogP contribution is -1.89. The van der Waals surface area contributed by atoms with Gasteiger partial charge in [0, 0.05) is 5.56 Å². The molecule has 0 atom stereocenters. The van der Waals surface area contributed by atoms with Crippen LogP contribution in [0.15, 0.2) is 21.1 Å². The van der Waals surface area contributed by atoms with Gasteiger partial charge >= 0.3 is 5.88 Å². The summed E-state index contributed by atoms with van der Waals surface area (Å²) in [6, 6.07) is 2.73. The van der Waals surface area contributed by atoms with Gasteiger partial charge in [0.2, 0.25) is 5.88 Å². The first-order valence-corrected chi connectivity index (χ1v) is 4.62. The smallest absolute Gasteiger partial charge is 0.399 e.